The molecule has 0 aromatic heterocycles. The van der Waals surface area contributed by atoms with Gasteiger partial charge in [0, 0.05) is 0 Å². The Hall–Kier alpha value is -1.82. The molecule has 0 N–H and O–H groups in total. The van der Waals surface area contributed by atoms with Gasteiger partial charge in [0.15, 0.2) is 0 Å². The monoisotopic (exact) mass is 290 g/mol. The molecule has 3 rings (SSSR count). The molecule has 0 heterocycles. The molecule has 1 aliphatic rings. The van der Waals surface area contributed by atoms with Gasteiger partial charge in [0.2, 0.25) is 0 Å². The van der Waals surface area contributed by atoms with Crippen LogP contribution in [-0.2, 0) is 12.8 Å². The van der Waals surface area contributed by atoms with E-state index in [1.807, 2.05) is 0 Å². The Kier molecular flexibility index (Phi) is 4.20. The fourth-order valence-electron chi connectivity index (χ4n) is 3.65. The topological polar surface area (TPSA) is 0 Å². The van der Waals surface area contributed by atoms with Crippen molar-refractivity contribution in [3.63, 3.8) is 0 Å². The average Bonchev–Trinajstić information content (AvgIpc) is 2.87. The maximum Gasteiger partial charge on any atom is -0.00604 e. The molecule has 22 heavy (non-hydrogen) atoms. The molecule has 0 aliphatic heterocycles. The van der Waals surface area contributed by atoms with Gasteiger partial charge in [0.05, 0.1) is 0 Å². The number of aryl methyl sites for hydroxylation is 1. The molecule has 114 valence electrons. The van der Waals surface area contributed by atoms with Crippen LogP contribution in [0, 0.1) is 0 Å². The third kappa shape index (κ3) is 2.63. The number of fused-ring (bicyclic) bond motifs is 1. The first-order valence-electron chi connectivity index (χ1n) is 8.53. The maximum absolute atomic E-state index is 2.40. The predicted octanol–water partition coefficient (Wildman–Crippen LogP) is 6.39. The lowest BCUT2D eigenvalue weighted by Gasteiger charge is -2.19. The lowest BCUT2D eigenvalue weighted by Crippen LogP contribution is -1.99. The van der Waals surface area contributed by atoms with E-state index in [2.05, 4.69) is 70.2 Å². The van der Waals surface area contributed by atoms with Crippen molar-refractivity contribution in [3.05, 3.63) is 64.2 Å². The van der Waals surface area contributed by atoms with Crippen molar-refractivity contribution < 1.29 is 0 Å². The van der Waals surface area contributed by atoms with Crippen LogP contribution in [0.2, 0.25) is 0 Å². The van der Waals surface area contributed by atoms with Crippen LogP contribution in [0.25, 0.3) is 17.2 Å². The fraction of sp³-hybridized carbons (Fsp3) is 0.364. The van der Waals surface area contributed by atoms with Gasteiger partial charge in [-0.25, -0.2) is 0 Å². The molecule has 0 amide bonds. The van der Waals surface area contributed by atoms with Gasteiger partial charge in [-0.2, -0.15) is 0 Å². The summed E-state index contributed by atoms with van der Waals surface area (Å²) in [4.78, 5) is 0. The van der Waals surface area contributed by atoms with Gasteiger partial charge in [-0.05, 0) is 59.1 Å². The molecular weight excluding hydrogens is 264 g/mol. The molecule has 0 unspecified atom stereocenters. The first-order valence-corrected chi connectivity index (χ1v) is 8.53. The smallest absolute Gasteiger partial charge is 0.00604 e. The lowest BCUT2D eigenvalue weighted by atomic mass is 9.85. The van der Waals surface area contributed by atoms with Gasteiger partial charge in [0.25, 0.3) is 0 Å². The van der Waals surface area contributed by atoms with E-state index in [1.165, 1.54) is 45.4 Å². The molecule has 2 aromatic carbocycles. The summed E-state index contributed by atoms with van der Waals surface area (Å²) < 4.78 is 0. The molecule has 0 radical (unpaired) electrons. The second-order valence-corrected chi connectivity index (χ2v) is 6.83. The molecule has 0 nitrogen and oxygen atoms in total. The number of hydrogen-bond donors (Lipinski definition) is 0. The van der Waals surface area contributed by atoms with Crippen molar-refractivity contribution in [2.75, 3.05) is 0 Å². The molecule has 0 saturated carbocycles. The van der Waals surface area contributed by atoms with Crippen LogP contribution in [0.1, 0.15) is 62.3 Å². The molecule has 0 fully saturated rings. The Bertz CT molecular complexity index is 717. The fourth-order valence-corrected chi connectivity index (χ4v) is 3.65. The highest BCUT2D eigenvalue weighted by atomic mass is 14.2. The second-order valence-electron chi connectivity index (χ2n) is 6.83. The summed E-state index contributed by atoms with van der Waals surface area (Å²) in [6.07, 6.45) is 5.86. The van der Waals surface area contributed by atoms with Crippen LogP contribution in [0.15, 0.2) is 42.0 Å². The summed E-state index contributed by atoms with van der Waals surface area (Å²) in [6.45, 7) is 9.11. The minimum Gasteiger partial charge on any atom is -0.0683 e. The van der Waals surface area contributed by atoms with Gasteiger partial charge in [-0.15, -0.1) is 0 Å². The normalized spacial score (nSPS) is 13.4. The summed E-state index contributed by atoms with van der Waals surface area (Å²) in [5.41, 5.74) is 10.3. The zero-order valence-corrected chi connectivity index (χ0v) is 14.2. The van der Waals surface area contributed by atoms with Gasteiger partial charge in [0.1, 0.15) is 0 Å². The van der Waals surface area contributed by atoms with Crippen LogP contribution >= 0.6 is 0 Å². The first-order chi connectivity index (χ1) is 10.6. The zero-order valence-electron chi connectivity index (χ0n) is 14.2. The number of allylic oxidation sites excluding steroid dienone is 1. The molecule has 0 spiro atoms. The Morgan fingerprint density at radius 3 is 2.55 bits per heavy atom. The van der Waals surface area contributed by atoms with Gasteiger partial charge >= 0.3 is 0 Å². The highest BCUT2D eigenvalue weighted by Crippen LogP contribution is 2.40. The maximum atomic E-state index is 2.40. The van der Waals surface area contributed by atoms with Crippen LogP contribution in [0.4, 0.5) is 0 Å². The average molecular weight is 290 g/mol. The Morgan fingerprint density at radius 2 is 1.82 bits per heavy atom. The van der Waals surface area contributed by atoms with Crippen molar-refractivity contribution >= 4 is 6.08 Å². The van der Waals surface area contributed by atoms with Gasteiger partial charge in [-0.3, -0.25) is 0 Å². The van der Waals surface area contributed by atoms with E-state index in [0.717, 1.165) is 12.8 Å². The summed E-state index contributed by atoms with van der Waals surface area (Å²) in [5.74, 6) is 0.549. The third-order valence-corrected chi connectivity index (χ3v) is 4.65. The van der Waals surface area contributed by atoms with Crippen LogP contribution in [-0.4, -0.2) is 0 Å². The molecular formula is C22H26. The lowest BCUT2D eigenvalue weighted by molar-refractivity contribution is 0.867. The quantitative estimate of drug-likeness (QED) is 0.612. The highest BCUT2D eigenvalue weighted by molar-refractivity contribution is 5.84. The van der Waals surface area contributed by atoms with Crippen LogP contribution in [0.5, 0.6) is 0 Å². The largest absolute Gasteiger partial charge is 0.0683 e. The second kappa shape index (κ2) is 6.12. The van der Waals surface area contributed by atoms with Crippen LogP contribution < -0.4 is 0 Å². The third-order valence-electron chi connectivity index (χ3n) is 4.65. The van der Waals surface area contributed by atoms with Crippen molar-refractivity contribution in [2.45, 2.75) is 52.9 Å². The van der Waals surface area contributed by atoms with Gasteiger partial charge < -0.3 is 0 Å². The van der Waals surface area contributed by atoms with E-state index in [4.69, 9.17) is 0 Å². The minimum atomic E-state index is 0.549. The first kappa shape index (κ1) is 15.1. The Labute approximate surface area is 134 Å². The molecule has 0 heteroatoms. The van der Waals surface area contributed by atoms with Crippen molar-refractivity contribution in [1.29, 1.82) is 0 Å². The van der Waals surface area contributed by atoms with E-state index < -0.39 is 0 Å². The SMILES string of the molecule is CCCc1ccc2c(c1-c1ccccc1C(C)C)C=C(C)C2. The highest BCUT2D eigenvalue weighted by Gasteiger charge is 2.20. The van der Waals surface area contributed by atoms with Crippen LogP contribution in [0.3, 0.4) is 0 Å². The van der Waals surface area contributed by atoms with E-state index >= 15 is 0 Å². The molecule has 2 aromatic rings. The summed E-state index contributed by atoms with van der Waals surface area (Å²) in [6, 6.07) is 13.7. The van der Waals surface area contributed by atoms with E-state index in [1.54, 1.807) is 0 Å². The summed E-state index contributed by atoms with van der Waals surface area (Å²) in [7, 11) is 0. The number of rotatable bonds is 4. The zero-order chi connectivity index (χ0) is 15.7. The van der Waals surface area contributed by atoms with E-state index in [0.29, 0.717) is 5.92 Å². The Morgan fingerprint density at radius 1 is 1.05 bits per heavy atom. The van der Waals surface area contributed by atoms with Crippen molar-refractivity contribution in [1.82, 2.24) is 0 Å². The van der Waals surface area contributed by atoms with E-state index in [9.17, 15) is 0 Å². The standard InChI is InChI=1S/C22H26/c1-5-8-17-11-12-18-13-16(4)14-21(18)22(17)20-10-7-6-9-19(20)15(2)3/h6-7,9-12,14-15H,5,8,13H2,1-4H3. The van der Waals surface area contributed by atoms with Crippen molar-refractivity contribution in [3.8, 4) is 11.1 Å². The minimum absolute atomic E-state index is 0.549. The van der Waals surface area contributed by atoms with E-state index in [-0.39, 0.29) is 0 Å². The molecule has 0 atom stereocenters. The number of hydrogen-bond acceptors (Lipinski definition) is 0. The summed E-state index contributed by atoms with van der Waals surface area (Å²) >= 11 is 0. The number of benzene rings is 2. The molecule has 0 bridgehead atoms. The van der Waals surface area contributed by atoms with Crippen molar-refractivity contribution in [2.24, 2.45) is 0 Å². The summed E-state index contributed by atoms with van der Waals surface area (Å²) in [5, 5.41) is 0. The predicted molar refractivity (Wildman–Crippen MR) is 97.3 cm³/mol. The molecule has 1 aliphatic carbocycles. The Balaban J connectivity index is 2.28. The molecule has 0 saturated heterocycles. The van der Waals surface area contributed by atoms with Gasteiger partial charge in [-0.1, -0.05) is 75.2 Å².